The number of unbranched alkanes of at least 4 members (excludes halogenated alkanes) is 3. The van der Waals surface area contributed by atoms with Gasteiger partial charge < -0.3 is 14.8 Å². The maximum Gasteiger partial charge on any atom is 0.255 e. The van der Waals surface area contributed by atoms with Crippen molar-refractivity contribution in [3.63, 3.8) is 0 Å². The van der Waals surface area contributed by atoms with Crippen molar-refractivity contribution in [2.24, 2.45) is 0 Å². The number of benzene rings is 2. The number of carbonyl (C=O) groups is 1. The van der Waals surface area contributed by atoms with Crippen LogP contribution in [0.15, 0.2) is 46.9 Å². The van der Waals surface area contributed by atoms with Crippen LogP contribution in [0.5, 0.6) is 11.5 Å². The Morgan fingerprint density at radius 3 is 2.46 bits per heavy atom. The molecule has 0 aliphatic rings. The van der Waals surface area contributed by atoms with E-state index in [-0.39, 0.29) is 12.0 Å². The van der Waals surface area contributed by atoms with Crippen molar-refractivity contribution in [1.29, 1.82) is 0 Å². The van der Waals surface area contributed by atoms with E-state index in [0.717, 1.165) is 34.5 Å². The molecule has 0 aromatic heterocycles. The molecule has 2 aromatic rings. The third-order valence-corrected chi connectivity index (χ3v) is 5.09. The van der Waals surface area contributed by atoms with E-state index >= 15 is 0 Å². The molecule has 1 atom stereocenters. The topological polar surface area (TPSA) is 47.6 Å². The van der Waals surface area contributed by atoms with Crippen LogP contribution in [-0.2, 0) is 0 Å². The van der Waals surface area contributed by atoms with Gasteiger partial charge in [-0.05, 0) is 78.2 Å². The molecule has 0 aliphatic heterocycles. The smallest absolute Gasteiger partial charge is 0.255 e. The van der Waals surface area contributed by atoms with Gasteiger partial charge in [-0.15, -0.1) is 0 Å². The Balaban J connectivity index is 1.90. The lowest BCUT2D eigenvalue weighted by atomic mass is 10.2. The minimum absolute atomic E-state index is 0.161. The van der Waals surface area contributed by atoms with Crippen LogP contribution in [0.3, 0.4) is 0 Å². The highest BCUT2D eigenvalue weighted by Crippen LogP contribution is 2.27. The summed E-state index contributed by atoms with van der Waals surface area (Å²) in [6.07, 6.45) is 5.78. The summed E-state index contributed by atoms with van der Waals surface area (Å²) in [5, 5.41) is 2.91. The van der Waals surface area contributed by atoms with Crippen LogP contribution in [-0.4, -0.2) is 18.6 Å². The lowest BCUT2D eigenvalue weighted by Crippen LogP contribution is -2.12. The van der Waals surface area contributed by atoms with E-state index in [1.54, 1.807) is 12.1 Å². The normalized spacial score (nSPS) is 11.7. The van der Waals surface area contributed by atoms with Gasteiger partial charge in [0.15, 0.2) is 0 Å². The molecule has 0 saturated carbocycles. The van der Waals surface area contributed by atoms with Gasteiger partial charge in [0.1, 0.15) is 11.5 Å². The fraction of sp³-hybridized carbons (Fsp3) is 0.435. The average molecular weight is 448 g/mol. The predicted molar refractivity (Wildman–Crippen MR) is 119 cm³/mol. The van der Waals surface area contributed by atoms with E-state index in [9.17, 15) is 4.79 Å². The molecule has 152 valence electrons. The van der Waals surface area contributed by atoms with Gasteiger partial charge in [0, 0.05) is 11.3 Å². The molecule has 0 spiro atoms. The number of carbonyl (C=O) groups excluding carboxylic acids is 1. The fourth-order valence-corrected chi connectivity index (χ4v) is 3.10. The molecule has 0 heterocycles. The maximum atomic E-state index is 12.5. The van der Waals surface area contributed by atoms with Crippen LogP contribution < -0.4 is 14.8 Å². The third kappa shape index (κ3) is 7.19. The zero-order chi connectivity index (χ0) is 20.4. The first kappa shape index (κ1) is 22.3. The first-order valence-corrected chi connectivity index (χ1v) is 10.8. The van der Waals surface area contributed by atoms with Crippen molar-refractivity contribution in [2.75, 3.05) is 11.9 Å². The van der Waals surface area contributed by atoms with E-state index in [2.05, 4.69) is 35.1 Å². The minimum Gasteiger partial charge on any atom is -0.492 e. The van der Waals surface area contributed by atoms with E-state index in [4.69, 9.17) is 9.47 Å². The Kier molecular flexibility index (Phi) is 9.35. The third-order valence-electron chi connectivity index (χ3n) is 4.47. The van der Waals surface area contributed by atoms with Crippen LogP contribution in [0.2, 0.25) is 0 Å². The van der Waals surface area contributed by atoms with Crippen LogP contribution >= 0.6 is 15.9 Å². The summed E-state index contributed by atoms with van der Waals surface area (Å²) in [7, 11) is 0. The van der Waals surface area contributed by atoms with E-state index < -0.39 is 0 Å². The first-order chi connectivity index (χ1) is 13.5. The Morgan fingerprint density at radius 2 is 1.82 bits per heavy atom. The first-order valence-electron chi connectivity index (χ1n) is 10.0. The molecule has 0 bridgehead atoms. The van der Waals surface area contributed by atoms with Crippen molar-refractivity contribution in [3.05, 3.63) is 52.5 Å². The summed E-state index contributed by atoms with van der Waals surface area (Å²) in [6, 6.07) is 12.8. The Hall–Kier alpha value is -2.01. The number of nitrogens with one attached hydrogen (secondary N) is 1. The van der Waals surface area contributed by atoms with Gasteiger partial charge in [-0.1, -0.05) is 33.1 Å². The summed E-state index contributed by atoms with van der Waals surface area (Å²) >= 11 is 3.50. The summed E-state index contributed by atoms with van der Waals surface area (Å²) in [5.74, 6) is 1.40. The molecule has 2 rings (SSSR count). The molecule has 4 nitrogen and oxygen atoms in total. The van der Waals surface area contributed by atoms with Gasteiger partial charge in [0.2, 0.25) is 0 Å². The molecule has 0 aliphatic carbocycles. The van der Waals surface area contributed by atoms with Crippen molar-refractivity contribution in [2.45, 2.75) is 59.0 Å². The molecule has 1 unspecified atom stereocenters. The molecule has 0 fully saturated rings. The molecule has 0 saturated heterocycles. The highest BCUT2D eigenvalue weighted by Gasteiger charge is 2.10. The summed E-state index contributed by atoms with van der Waals surface area (Å²) < 4.78 is 12.3. The van der Waals surface area contributed by atoms with Gasteiger partial charge in [0.05, 0.1) is 17.2 Å². The molecule has 0 radical (unpaired) electrons. The second-order valence-corrected chi connectivity index (χ2v) is 7.72. The lowest BCUT2D eigenvalue weighted by Gasteiger charge is -2.13. The van der Waals surface area contributed by atoms with E-state index in [0.29, 0.717) is 12.2 Å². The largest absolute Gasteiger partial charge is 0.492 e. The Morgan fingerprint density at radius 1 is 1.07 bits per heavy atom. The predicted octanol–water partition coefficient (Wildman–Crippen LogP) is 6.84. The molecular weight excluding hydrogens is 418 g/mol. The van der Waals surface area contributed by atoms with Crippen LogP contribution in [0.25, 0.3) is 0 Å². The average Bonchev–Trinajstić information content (AvgIpc) is 2.70. The van der Waals surface area contributed by atoms with E-state index in [1.165, 1.54) is 19.3 Å². The lowest BCUT2D eigenvalue weighted by molar-refractivity contribution is 0.102. The van der Waals surface area contributed by atoms with Gasteiger partial charge in [0.25, 0.3) is 5.91 Å². The quantitative estimate of drug-likeness (QED) is 0.383. The summed E-state index contributed by atoms with van der Waals surface area (Å²) in [4.78, 5) is 12.5. The van der Waals surface area contributed by atoms with Gasteiger partial charge >= 0.3 is 0 Å². The standard InChI is InChI=1S/C23H30BrNO3/c1-4-6-7-8-15-27-22-14-9-18(16-21(22)24)23(26)25-19-10-12-20(13-11-19)28-17(3)5-2/h9-14,16-17H,4-8,15H2,1-3H3,(H,25,26). The van der Waals surface area contributed by atoms with Gasteiger partial charge in [-0.2, -0.15) is 0 Å². The van der Waals surface area contributed by atoms with Crippen molar-refractivity contribution in [3.8, 4) is 11.5 Å². The zero-order valence-corrected chi connectivity index (χ0v) is 18.6. The number of hydrogen-bond donors (Lipinski definition) is 1. The number of rotatable bonds is 11. The maximum absolute atomic E-state index is 12.5. The van der Waals surface area contributed by atoms with Crippen molar-refractivity contribution < 1.29 is 14.3 Å². The second-order valence-electron chi connectivity index (χ2n) is 6.87. The van der Waals surface area contributed by atoms with Gasteiger partial charge in [-0.3, -0.25) is 4.79 Å². The van der Waals surface area contributed by atoms with Crippen molar-refractivity contribution in [1.82, 2.24) is 0 Å². The van der Waals surface area contributed by atoms with Crippen molar-refractivity contribution >= 4 is 27.5 Å². The Labute approximate surface area is 176 Å². The highest BCUT2D eigenvalue weighted by molar-refractivity contribution is 9.10. The van der Waals surface area contributed by atoms with E-state index in [1.807, 2.05) is 37.3 Å². The second kappa shape index (κ2) is 11.7. The Bertz CT molecular complexity index is 746. The summed E-state index contributed by atoms with van der Waals surface area (Å²) in [6.45, 7) is 7.00. The van der Waals surface area contributed by atoms with Crippen LogP contribution in [0.4, 0.5) is 5.69 Å². The summed E-state index contributed by atoms with van der Waals surface area (Å²) in [5.41, 5.74) is 1.30. The molecule has 28 heavy (non-hydrogen) atoms. The van der Waals surface area contributed by atoms with Crippen LogP contribution in [0, 0.1) is 0 Å². The number of hydrogen-bond acceptors (Lipinski definition) is 3. The fourth-order valence-electron chi connectivity index (χ4n) is 2.61. The number of ether oxygens (including phenoxy) is 2. The van der Waals surface area contributed by atoms with Gasteiger partial charge in [-0.25, -0.2) is 0 Å². The highest BCUT2D eigenvalue weighted by atomic mass is 79.9. The number of amides is 1. The van der Waals surface area contributed by atoms with Crippen LogP contribution in [0.1, 0.15) is 63.2 Å². The molecule has 1 amide bonds. The molecule has 1 N–H and O–H groups in total. The number of halogens is 1. The zero-order valence-electron chi connectivity index (χ0n) is 17.0. The molecular formula is C23H30BrNO3. The number of anilines is 1. The minimum atomic E-state index is -0.161. The molecule has 2 aromatic carbocycles. The SMILES string of the molecule is CCCCCCOc1ccc(C(=O)Nc2ccc(OC(C)CC)cc2)cc1Br. The molecule has 5 heteroatoms. The monoisotopic (exact) mass is 447 g/mol.